The van der Waals surface area contributed by atoms with Crippen LogP contribution in [0, 0.1) is 5.82 Å². The molecule has 21 heavy (non-hydrogen) atoms. The van der Waals surface area contributed by atoms with Gasteiger partial charge in [0.05, 0.1) is 25.8 Å². The van der Waals surface area contributed by atoms with Crippen LogP contribution >= 0.6 is 11.3 Å². The zero-order chi connectivity index (χ0) is 15.4. The van der Waals surface area contributed by atoms with Gasteiger partial charge in [0, 0.05) is 17.0 Å². The Kier molecular flexibility index (Phi) is 4.80. The molecule has 1 heterocycles. The third-order valence-electron chi connectivity index (χ3n) is 3.10. The van der Waals surface area contributed by atoms with Crippen LogP contribution in [0.2, 0.25) is 0 Å². The summed E-state index contributed by atoms with van der Waals surface area (Å²) in [6.45, 7) is 1.72. The fourth-order valence-corrected chi connectivity index (χ4v) is 2.59. The third-order valence-corrected chi connectivity index (χ3v) is 3.78. The molecule has 0 saturated carbocycles. The predicted octanol–water partition coefficient (Wildman–Crippen LogP) is 3.40. The molecule has 1 amide bonds. The number of carbonyl (C=O) groups excluding carboxylic acids is 1. The van der Waals surface area contributed by atoms with Crippen molar-refractivity contribution in [1.82, 2.24) is 5.32 Å². The molecule has 0 radical (unpaired) electrons. The zero-order valence-electron chi connectivity index (χ0n) is 12.0. The van der Waals surface area contributed by atoms with Gasteiger partial charge in [-0.1, -0.05) is 0 Å². The van der Waals surface area contributed by atoms with Crippen molar-refractivity contribution in [3.63, 3.8) is 0 Å². The van der Waals surface area contributed by atoms with E-state index in [-0.39, 0.29) is 5.91 Å². The van der Waals surface area contributed by atoms with Crippen molar-refractivity contribution in [2.75, 3.05) is 14.2 Å². The minimum absolute atomic E-state index is 0.238. The van der Waals surface area contributed by atoms with E-state index in [1.54, 1.807) is 18.4 Å². The van der Waals surface area contributed by atoms with Crippen LogP contribution in [0.5, 0.6) is 11.5 Å². The Morgan fingerprint density at radius 3 is 2.52 bits per heavy atom. The first-order valence-electron chi connectivity index (χ1n) is 6.31. The Balaban J connectivity index is 2.22. The van der Waals surface area contributed by atoms with E-state index < -0.39 is 11.9 Å². The van der Waals surface area contributed by atoms with Crippen LogP contribution in [0.4, 0.5) is 4.39 Å². The highest BCUT2D eigenvalue weighted by Gasteiger charge is 2.18. The smallest absolute Gasteiger partial charge is 0.252 e. The second-order valence-corrected chi connectivity index (χ2v) is 5.22. The first-order chi connectivity index (χ1) is 10.1. The lowest BCUT2D eigenvalue weighted by atomic mass is 10.1. The Labute approximate surface area is 126 Å². The quantitative estimate of drug-likeness (QED) is 0.921. The average molecular weight is 309 g/mol. The van der Waals surface area contributed by atoms with Gasteiger partial charge in [0.15, 0.2) is 11.5 Å². The number of hydrogen-bond donors (Lipinski definition) is 1. The number of carbonyl (C=O) groups is 1. The third kappa shape index (κ3) is 3.33. The number of nitrogens with one attached hydrogen (secondary N) is 1. The van der Waals surface area contributed by atoms with Gasteiger partial charge >= 0.3 is 0 Å². The molecule has 0 aliphatic heterocycles. The predicted molar refractivity (Wildman–Crippen MR) is 79.7 cm³/mol. The number of thiophene rings is 1. The molecule has 0 fully saturated rings. The van der Waals surface area contributed by atoms with E-state index in [1.807, 2.05) is 5.38 Å². The molecule has 0 aliphatic rings. The van der Waals surface area contributed by atoms with Crippen molar-refractivity contribution in [2.45, 2.75) is 13.0 Å². The molecule has 2 aromatic rings. The maximum atomic E-state index is 14.1. The molecular formula is C15H16FNO3S. The van der Waals surface area contributed by atoms with Crippen molar-refractivity contribution >= 4 is 17.2 Å². The Hall–Kier alpha value is -2.08. The maximum Gasteiger partial charge on any atom is 0.252 e. The molecule has 2 rings (SSSR count). The largest absolute Gasteiger partial charge is 0.493 e. The molecule has 6 heteroatoms. The molecule has 0 unspecified atom stereocenters. The number of hydrogen-bond acceptors (Lipinski definition) is 4. The summed E-state index contributed by atoms with van der Waals surface area (Å²) in [5, 5.41) is 6.32. The normalized spacial score (nSPS) is 11.8. The lowest BCUT2D eigenvalue weighted by Gasteiger charge is -2.17. The molecule has 0 aliphatic carbocycles. The van der Waals surface area contributed by atoms with Gasteiger partial charge in [0.25, 0.3) is 5.91 Å². The molecular weight excluding hydrogens is 293 g/mol. The summed E-state index contributed by atoms with van der Waals surface area (Å²) in [4.78, 5) is 12.0. The van der Waals surface area contributed by atoms with Crippen molar-refractivity contribution in [1.29, 1.82) is 0 Å². The van der Waals surface area contributed by atoms with Crippen molar-refractivity contribution < 1.29 is 18.7 Å². The van der Waals surface area contributed by atoms with Gasteiger partial charge in [0.1, 0.15) is 5.82 Å². The SMILES string of the molecule is COc1cc(F)c([C@H](C)NC(=O)c2ccsc2)cc1OC. The summed E-state index contributed by atoms with van der Waals surface area (Å²) in [6.07, 6.45) is 0. The van der Waals surface area contributed by atoms with Crippen LogP contribution in [-0.2, 0) is 0 Å². The minimum Gasteiger partial charge on any atom is -0.493 e. The fraction of sp³-hybridized carbons (Fsp3) is 0.267. The summed E-state index contributed by atoms with van der Waals surface area (Å²) in [6, 6.07) is 4.02. The van der Waals surface area contributed by atoms with Crippen LogP contribution in [0.1, 0.15) is 28.9 Å². The molecule has 0 spiro atoms. The summed E-state index contributed by atoms with van der Waals surface area (Å²) in [7, 11) is 2.92. The van der Waals surface area contributed by atoms with E-state index >= 15 is 0 Å². The number of amides is 1. The van der Waals surface area contributed by atoms with Crippen LogP contribution in [0.15, 0.2) is 29.0 Å². The number of methoxy groups -OCH3 is 2. The Morgan fingerprint density at radius 2 is 1.95 bits per heavy atom. The van der Waals surface area contributed by atoms with Gasteiger partial charge in [0.2, 0.25) is 0 Å². The minimum atomic E-state index is -0.489. The Morgan fingerprint density at radius 1 is 1.29 bits per heavy atom. The van der Waals surface area contributed by atoms with Crippen LogP contribution in [-0.4, -0.2) is 20.1 Å². The van der Waals surface area contributed by atoms with Gasteiger partial charge in [-0.2, -0.15) is 11.3 Å². The van der Waals surface area contributed by atoms with Gasteiger partial charge in [-0.05, 0) is 24.4 Å². The van der Waals surface area contributed by atoms with E-state index in [0.29, 0.717) is 22.6 Å². The second-order valence-electron chi connectivity index (χ2n) is 4.44. The standard InChI is InChI=1S/C15H16FNO3S/c1-9(17-15(18)10-4-5-21-8-10)11-6-13(19-2)14(20-3)7-12(11)16/h4-9H,1-3H3,(H,17,18)/t9-/m0/s1. The maximum absolute atomic E-state index is 14.1. The fourth-order valence-electron chi connectivity index (χ4n) is 1.95. The van der Waals surface area contributed by atoms with Gasteiger partial charge < -0.3 is 14.8 Å². The number of halogens is 1. The summed E-state index contributed by atoms with van der Waals surface area (Å²) < 4.78 is 24.3. The highest BCUT2D eigenvalue weighted by molar-refractivity contribution is 7.08. The van der Waals surface area contributed by atoms with Gasteiger partial charge in [-0.15, -0.1) is 0 Å². The highest BCUT2D eigenvalue weighted by atomic mass is 32.1. The van der Waals surface area contributed by atoms with Crippen LogP contribution < -0.4 is 14.8 Å². The van der Waals surface area contributed by atoms with E-state index in [1.165, 1.54) is 37.7 Å². The van der Waals surface area contributed by atoms with Gasteiger partial charge in [-0.3, -0.25) is 4.79 Å². The molecule has 4 nitrogen and oxygen atoms in total. The first kappa shape index (κ1) is 15.3. The summed E-state index contributed by atoms with van der Waals surface area (Å²) in [5.41, 5.74) is 0.906. The van der Waals surface area contributed by atoms with E-state index in [9.17, 15) is 9.18 Å². The Bertz CT molecular complexity index is 628. The molecule has 1 atom stereocenters. The lowest BCUT2D eigenvalue weighted by Crippen LogP contribution is -2.26. The lowest BCUT2D eigenvalue weighted by molar-refractivity contribution is 0.0940. The highest BCUT2D eigenvalue weighted by Crippen LogP contribution is 2.32. The van der Waals surface area contributed by atoms with E-state index in [2.05, 4.69) is 5.32 Å². The molecule has 1 aromatic heterocycles. The number of rotatable bonds is 5. The molecule has 0 saturated heterocycles. The summed E-state index contributed by atoms with van der Waals surface area (Å²) >= 11 is 1.43. The molecule has 112 valence electrons. The van der Waals surface area contributed by atoms with Gasteiger partial charge in [-0.25, -0.2) is 4.39 Å². The number of benzene rings is 1. The zero-order valence-corrected chi connectivity index (χ0v) is 12.8. The van der Waals surface area contributed by atoms with E-state index in [4.69, 9.17) is 9.47 Å². The molecule has 0 bridgehead atoms. The van der Waals surface area contributed by atoms with Crippen molar-refractivity contribution in [3.8, 4) is 11.5 Å². The summed E-state index contributed by atoms with van der Waals surface area (Å²) in [5.74, 6) is 0.0457. The second kappa shape index (κ2) is 6.58. The topological polar surface area (TPSA) is 47.6 Å². The first-order valence-corrected chi connectivity index (χ1v) is 7.25. The van der Waals surface area contributed by atoms with Crippen LogP contribution in [0.3, 0.4) is 0 Å². The van der Waals surface area contributed by atoms with Crippen LogP contribution in [0.25, 0.3) is 0 Å². The number of ether oxygens (including phenoxy) is 2. The molecule has 1 aromatic carbocycles. The average Bonchev–Trinajstić information content (AvgIpc) is 3.00. The molecule has 1 N–H and O–H groups in total. The van der Waals surface area contributed by atoms with Crippen molar-refractivity contribution in [3.05, 3.63) is 45.9 Å². The van der Waals surface area contributed by atoms with E-state index in [0.717, 1.165) is 0 Å². The van der Waals surface area contributed by atoms with Crippen molar-refractivity contribution in [2.24, 2.45) is 0 Å². The monoisotopic (exact) mass is 309 g/mol.